The van der Waals surface area contributed by atoms with Gasteiger partial charge in [-0.05, 0) is 49.0 Å². The van der Waals surface area contributed by atoms with E-state index in [4.69, 9.17) is 12.2 Å². The Morgan fingerprint density at radius 2 is 1.63 bits per heavy atom. The molecule has 0 heterocycles. The average molecular weight is 278 g/mol. The highest BCUT2D eigenvalue weighted by atomic mass is 32.1. The number of benzene rings is 1. The smallest absolute Gasteiger partial charge is 0.166 e. The molecule has 2 atom stereocenters. The van der Waals surface area contributed by atoms with Gasteiger partial charge in [0.1, 0.15) is 0 Å². The summed E-state index contributed by atoms with van der Waals surface area (Å²) >= 11 is 5.26. The summed E-state index contributed by atoms with van der Waals surface area (Å²) in [6, 6.07) is 9.21. The zero-order valence-corrected chi connectivity index (χ0v) is 13.3. The van der Waals surface area contributed by atoms with Crippen LogP contribution in [0, 0.1) is 0 Å². The first-order valence-electron chi connectivity index (χ1n) is 7.26. The summed E-state index contributed by atoms with van der Waals surface area (Å²) in [5, 5.41) is 7.24. The lowest BCUT2D eigenvalue weighted by Gasteiger charge is -2.20. The maximum atomic E-state index is 5.26. The second kappa shape index (κ2) is 8.16. The maximum Gasteiger partial charge on any atom is 0.166 e. The van der Waals surface area contributed by atoms with Crippen molar-refractivity contribution in [2.45, 2.75) is 52.5 Å². The van der Waals surface area contributed by atoms with Crippen LogP contribution >= 0.6 is 12.2 Å². The minimum absolute atomic E-state index is 0.289. The van der Waals surface area contributed by atoms with Crippen LogP contribution in [0.1, 0.15) is 63.6 Å². The number of thiocarbonyl (C=S) groups is 1. The molecule has 2 unspecified atom stereocenters. The molecule has 0 aliphatic rings. The van der Waals surface area contributed by atoms with E-state index in [1.807, 2.05) is 0 Å². The Morgan fingerprint density at radius 3 is 2.11 bits per heavy atom. The summed E-state index contributed by atoms with van der Waals surface area (Å²) in [5.74, 6) is 0.630. The Morgan fingerprint density at radius 1 is 1.05 bits per heavy atom. The second-order valence-electron chi connectivity index (χ2n) is 4.94. The maximum absolute atomic E-state index is 5.26. The standard InChI is InChI=1S/C16H26N2S/c1-5-12(4)13-8-10-14(11-9-13)15(6-2)18-16(19)17-7-3/h8-12,15H,5-7H2,1-4H3,(H2,17,18,19). The van der Waals surface area contributed by atoms with Gasteiger partial charge in [0, 0.05) is 6.54 Å². The molecule has 0 aromatic heterocycles. The van der Waals surface area contributed by atoms with Crippen LogP contribution in [0.15, 0.2) is 24.3 Å². The zero-order valence-electron chi connectivity index (χ0n) is 12.5. The topological polar surface area (TPSA) is 24.1 Å². The molecule has 0 spiro atoms. The van der Waals surface area contributed by atoms with Gasteiger partial charge >= 0.3 is 0 Å². The van der Waals surface area contributed by atoms with Crippen LogP contribution < -0.4 is 10.6 Å². The summed E-state index contributed by atoms with van der Waals surface area (Å²) in [5.41, 5.74) is 2.71. The van der Waals surface area contributed by atoms with E-state index in [-0.39, 0.29) is 6.04 Å². The minimum atomic E-state index is 0.289. The predicted molar refractivity (Wildman–Crippen MR) is 87.6 cm³/mol. The highest BCUT2D eigenvalue weighted by molar-refractivity contribution is 7.80. The minimum Gasteiger partial charge on any atom is -0.363 e. The molecule has 106 valence electrons. The van der Waals surface area contributed by atoms with Crippen LogP contribution in [0.3, 0.4) is 0 Å². The molecular weight excluding hydrogens is 252 g/mol. The van der Waals surface area contributed by atoms with Crippen molar-refractivity contribution in [3.8, 4) is 0 Å². The molecule has 1 rings (SSSR count). The third kappa shape index (κ3) is 4.83. The molecule has 1 aromatic rings. The van der Waals surface area contributed by atoms with Gasteiger partial charge in [0.15, 0.2) is 5.11 Å². The number of hydrogen-bond acceptors (Lipinski definition) is 1. The molecule has 0 aliphatic heterocycles. The van der Waals surface area contributed by atoms with Crippen LogP contribution in [0.2, 0.25) is 0 Å². The fourth-order valence-corrected chi connectivity index (χ4v) is 2.37. The highest BCUT2D eigenvalue weighted by Crippen LogP contribution is 2.22. The van der Waals surface area contributed by atoms with E-state index >= 15 is 0 Å². The van der Waals surface area contributed by atoms with E-state index in [0.29, 0.717) is 5.92 Å². The summed E-state index contributed by atoms with van der Waals surface area (Å²) in [7, 11) is 0. The molecule has 19 heavy (non-hydrogen) atoms. The van der Waals surface area contributed by atoms with Crippen molar-refractivity contribution in [1.29, 1.82) is 0 Å². The van der Waals surface area contributed by atoms with E-state index in [1.165, 1.54) is 17.5 Å². The summed E-state index contributed by atoms with van der Waals surface area (Å²) in [6.45, 7) is 9.58. The van der Waals surface area contributed by atoms with Crippen molar-refractivity contribution in [3.63, 3.8) is 0 Å². The van der Waals surface area contributed by atoms with Crippen LogP contribution in [-0.4, -0.2) is 11.7 Å². The number of hydrogen-bond donors (Lipinski definition) is 2. The van der Waals surface area contributed by atoms with Crippen LogP contribution in [-0.2, 0) is 0 Å². The monoisotopic (exact) mass is 278 g/mol. The third-order valence-corrected chi connectivity index (χ3v) is 3.83. The van der Waals surface area contributed by atoms with Gasteiger partial charge in [-0.2, -0.15) is 0 Å². The first-order chi connectivity index (χ1) is 9.12. The molecule has 0 fully saturated rings. The molecular formula is C16H26N2S. The Hall–Kier alpha value is -1.09. The average Bonchev–Trinajstić information content (AvgIpc) is 2.44. The van der Waals surface area contributed by atoms with Gasteiger partial charge in [-0.15, -0.1) is 0 Å². The largest absolute Gasteiger partial charge is 0.363 e. The quantitative estimate of drug-likeness (QED) is 0.765. The predicted octanol–water partition coefficient (Wildman–Crippen LogP) is 4.14. The zero-order chi connectivity index (χ0) is 14.3. The lowest BCUT2D eigenvalue weighted by molar-refractivity contribution is 0.617. The fraction of sp³-hybridized carbons (Fsp3) is 0.562. The van der Waals surface area contributed by atoms with Gasteiger partial charge in [0.25, 0.3) is 0 Å². The van der Waals surface area contributed by atoms with Crippen molar-refractivity contribution in [3.05, 3.63) is 35.4 Å². The molecule has 1 aromatic carbocycles. The molecule has 0 saturated carbocycles. The van der Waals surface area contributed by atoms with Gasteiger partial charge in [0.2, 0.25) is 0 Å². The van der Waals surface area contributed by atoms with Gasteiger partial charge in [0.05, 0.1) is 6.04 Å². The van der Waals surface area contributed by atoms with Crippen LogP contribution in [0.5, 0.6) is 0 Å². The Labute approximate surface area is 123 Å². The van der Waals surface area contributed by atoms with E-state index in [2.05, 4.69) is 62.6 Å². The van der Waals surface area contributed by atoms with E-state index in [0.717, 1.165) is 18.1 Å². The molecule has 0 radical (unpaired) electrons. The van der Waals surface area contributed by atoms with Crippen LogP contribution in [0.25, 0.3) is 0 Å². The lowest BCUT2D eigenvalue weighted by atomic mass is 9.95. The first kappa shape index (κ1) is 16.0. The second-order valence-corrected chi connectivity index (χ2v) is 5.35. The molecule has 0 aliphatic carbocycles. The van der Waals surface area contributed by atoms with Gasteiger partial charge in [-0.25, -0.2) is 0 Å². The Balaban J connectivity index is 2.73. The summed E-state index contributed by atoms with van der Waals surface area (Å²) < 4.78 is 0. The lowest BCUT2D eigenvalue weighted by Crippen LogP contribution is -2.37. The molecule has 0 amide bonds. The van der Waals surface area contributed by atoms with E-state index in [1.54, 1.807) is 0 Å². The molecule has 2 nitrogen and oxygen atoms in total. The van der Waals surface area contributed by atoms with Crippen LogP contribution in [0.4, 0.5) is 0 Å². The van der Waals surface area contributed by atoms with Crippen molar-refractivity contribution in [2.24, 2.45) is 0 Å². The third-order valence-electron chi connectivity index (χ3n) is 3.57. The van der Waals surface area contributed by atoms with E-state index in [9.17, 15) is 0 Å². The Bertz CT molecular complexity index is 386. The SMILES string of the molecule is CCNC(=S)NC(CC)c1ccc(C(C)CC)cc1. The normalized spacial score (nSPS) is 13.7. The Kier molecular flexibility index (Phi) is 6.85. The molecule has 2 N–H and O–H groups in total. The van der Waals surface area contributed by atoms with Gasteiger partial charge < -0.3 is 10.6 Å². The van der Waals surface area contributed by atoms with Crippen molar-refractivity contribution < 1.29 is 0 Å². The van der Waals surface area contributed by atoms with Gasteiger partial charge in [-0.3, -0.25) is 0 Å². The number of rotatable bonds is 6. The molecule has 0 bridgehead atoms. The van der Waals surface area contributed by atoms with Gasteiger partial charge in [-0.1, -0.05) is 45.0 Å². The highest BCUT2D eigenvalue weighted by Gasteiger charge is 2.11. The first-order valence-corrected chi connectivity index (χ1v) is 7.67. The van der Waals surface area contributed by atoms with E-state index < -0.39 is 0 Å². The fourth-order valence-electron chi connectivity index (χ4n) is 2.08. The van der Waals surface area contributed by atoms with Crippen molar-refractivity contribution in [2.75, 3.05) is 6.54 Å². The van der Waals surface area contributed by atoms with Crippen molar-refractivity contribution >= 4 is 17.3 Å². The molecule has 3 heteroatoms. The van der Waals surface area contributed by atoms with Crippen molar-refractivity contribution in [1.82, 2.24) is 10.6 Å². The number of nitrogens with one attached hydrogen (secondary N) is 2. The summed E-state index contributed by atoms with van der Waals surface area (Å²) in [4.78, 5) is 0. The summed E-state index contributed by atoms with van der Waals surface area (Å²) in [6.07, 6.45) is 2.20. The molecule has 0 saturated heterocycles.